The fourth-order valence-corrected chi connectivity index (χ4v) is 6.29. The van der Waals surface area contributed by atoms with Gasteiger partial charge in [-0.05, 0) is 60.4 Å². The second kappa shape index (κ2) is 17.3. The van der Waals surface area contributed by atoms with Gasteiger partial charge in [0, 0.05) is 51.4 Å². The van der Waals surface area contributed by atoms with Crippen molar-refractivity contribution in [3.63, 3.8) is 0 Å². The van der Waals surface area contributed by atoms with Crippen LogP contribution < -0.4 is 20.7 Å². The lowest BCUT2D eigenvalue weighted by atomic mass is 9.99. The lowest BCUT2D eigenvalue weighted by Crippen LogP contribution is -2.57. The number of carbonyl (C=O) groups excluding carboxylic acids is 2. The first-order chi connectivity index (χ1) is 22.4. The Kier molecular flexibility index (Phi) is 12.6. The highest BCUT2D eigenvalue weighted by Gasteiger charge is 2.31. The third-order valence-electron chi connectivity index (χ3n) is 8.79. The fraction of sp³-hybridized carbons (Fsp3) is 0.474. The molecule has 246 valence electrons. The Hall–Kier alpha value is -3.72. The summed E-state index contributed by atoms with van der Waals surface area (Å²) in [7, 11) is 0. The molecule has 0 aromatic heterocycles. The molecule has 5 rings (SSSR count). The third-order valence-corrected chi connectivity index (χ3v) is 8.79. The SMILES string of the molecule is CC(C)C[C@H](NC1CCOCC1)C(=O)N[C@H](Cc1ccc(OCc2ccccc2)cc1)C(=O)NC1CCN(Cc2ccccc2)C1. The van der Waals surface area contributed by atoms with E-state index in [1.54, 1.807) is 0 Å². The van der Waals surface area contributed by atoms with Crippen LogP contribution in [0.2, 0.25) is 0 Å². The maximum absolute atomic E-state index is 13.9. The van der Waals surface area contributed by atoms with Gasteiger partial charge >= 0.3 is 0 Å². The fourth-order valence-electron chi connectivity index (χ4n) is 6.29. The number of hydrogen-bond donors (Lipinski definition) is 3. The Morgan fingerprint density at radius 1 is 0.804 bits per heavy atom. The predicted octanol–water partition coefficient (Wildman–Crippen LogP) is 4.87. The van der Waals surface area contributed by atoms with Crippen molar-refractivity contribution in [2.75, 3.05) is 26.3 Å². The van der Waals surface area contributed by atoms with Gasteiger partial charge in [-0.3, -0.25) is 14.5 Å². The molecular formula is C38H50N4O4. The van der Waals surface area contributed by atoms with Crippen LogP contribution in [0.5, 0.6) is 5.75 Å². The molecule has 2 fully saturated rings. The predicted molar refractivity (Wildman–Crippen MR) is 181 cm³/mol. The smallest absolute Gasteiger partial charge is 0.243 e. The number of benzene rings is 3. The van der Waals surface area contributed by atoms with E-state index in [0.717, 1.165) is 55.8 Å². The summed E-state index contributed by atoms with van der Waals surface area (Å²) in [6, 6.07) is 27.5. The summed E-state index contributed by atoms with van der Waals surface area (Å²) in [4.78, 5) is 30.0. The Morgan fingerprint density at radius 2 is 1.48 bits per heavy atom. The van der Waals surface area contributed by atoms with Crippen molar-refractivity contribution in [3.05, 3.63) is 102 Å². The molecular weight excluding hydrogens is 576 g/mol. The minimum Gasteiger partial charge on any atom is -0.489 e. The maximum Gasteiger partial charge on any atom is 0.243 e. The van der Waals surface area contributed by atoms with Crippen molar-refractivity contribution in [1.29, 1.82) is 0 Å². The van der Waals surface area contributed by atoms with Crippen molar-refractivity contribution in [2.24, 2.45) is 5.92 Å². The molecule has 3 aromatic carbocycles. The largest absolute Gasteiger partial charge is 0.489 e. The molecule has 2 aliphatic heterocycles. The van der Waals surface area contributed by atoms with Crippen molar-refractivity contribution < 1.29 is 19.1 Å². The summed E-state index contributed by atoms with van der Waals surface area (Å²) < 4.78 is 11.5. The van der Waals surface area contributed by atoms with Gasteiger partial charge in [0.25, 0.3) is 0 Å². The van der Waals surface area contributed by atoms with E-state index in [9.17, 15) is 9.59 Å². The van der Waals surface area contributed by atoms with Gasteiger partial charge in [0.1, 0.15) is 18.4 Å². The standard InChI is InChI=1S/C38H50N4O4/c1-28(2)23-35(39-32-18-21-45-22-19-32)38(44)41-36(24-29-13-15-34(16-14-29)46-27-31-11-7-4-8-12-31)37(43)40-33-17-20-42(26-33)25-30-9-5-3-6-10-30/h3-16,28,32-33,35-36,39H,17-27H2,1-2H3,(H,40,43)(H,41,44)/t33?,35-,36+/m0/s1. The van der Waals surface area contributed by atoms with Gasteiger partial charge in [-0.25, -0.2) is 0 Å². The number of carbonyl (C=O) groups is 2. The van der Waals surface area contributed by atoms with Crippen LogP contribution in [0.25, 0.3) is 0 Å². The highest BCUT2D eigenvalue weighted by Crippen LogP contribution is 2.18. The molecule has 3 N–H and O–H groups in total. The molecule has 0 saturated carbocycles. The van der Waals surface area contributed by atoms with Crippen LogP contribution in [0.3, 0.4) is 0 Å². The van der Waals surface area contributed by atoms with Gasteiger partial charge in [0.05, 0.1) is 6.04 Å². The Bertz CT molecular complexity index is 1350. The minimum absolute atomic E-state index is 0.0381. The Morgan fingerprint density at radius 3 is 2.15 bits per heavy atom. The van der Waals surface area contributed by atoms with Gasteiger partial charge in [-0.1, -0.05) is 86.6 Å². The molecule has 2 aliphatic rings. The van der Waals surface area contributed by atoms with Crippen LogP contribution >= 0.6 is 0 Å². The minimum atomic E-state index is -0.696. The van der Waals surface area contributed by atoms with Crippen molar-refractivity contribution in [2.45, 2.75) is 83.3 Å². The second-order valence-electron chi connectivity index (χ2n) is 13.1. The van der Waals surface area contributed by atoms with E-state index in [4.69, 9.17) is 9.47 Å². The van der Waals surface area contributed by atoms with Gasteiger partial charge in [0.15, 0.2) is 0 Å². The van der Waals surface area contributed by atoms with Crippen LogP contribution in [0.4, 0.5) is 0 Å². The van der Waals surface area contributed by atoms with Crippen molar-refractivity contribution >= 4 is 11.8 Å². The number of rotatable bonds is 15. The van der Waals surface area contributed by atoms with Crippen molar-refractivity contribution in [3.8, 4) is 5.75 Å². The van der Waals surface area contributed by atoms with Gasteiger partial charge in [-0.2, -0.15) is 0 Å². The summed E-state index contributed by atoms with van der Waals surface area (Å²) in [5, 5.41) is 10.0. The molecule has 1 unspecified atom stereocenters. The normalized spacial score (nSPS) is 18.6. The number of amides is 2. The summed E-state index contributed by atoms with van der Waals surface area (Å²) >= 11 is 0. The molecule has 0 radical (unpaired) electrons. The van der Waals surface area contributed by atoms with Gasteiger partial charge < -0.3 is 25.4 Å². The molecule has 2 heterocycles. The van der Waals surface area contributed by atoms with Crippen LogP contribution in [0, 0.1) is 5.92 Å². The zero-order chi connectivity index (χ0) is 32.1. The third kappa shape index (κ3) is 10.7. The highest BCUT2D eigenvalue weighted by molar-refractivity contribution is 5.90. The van der Waals surface area contributed by atoms with E-state index in [-0.39, 0.29) is 29.9 Å². The summed E-state index contributed by atoms with van der Waals surface area (Å²) in [5.74, 6) is 0.826. The van der Waals surface area contributed by atoms with E-state index < -0.39 is 6.04 Å². The molecule has 3 atom stereocenters. The molecule has 46 heavy (non-hydrogen) atoms. The molecule has 0 bridgehead atoms. The molecule has 0 aliphatic carbocycles. The lowest BCUT2D eigenvalue weighted by Gasteiger charge is -2.30. The average molecular weight is 627 g/mol. The van der Waals surface area contributed by atoms with E-state index >= 15 is 0 Å². The Balaban J connectivity index is 1.24. The topological polar surface area (TPSA) is 91.9 Å². The van der Waals surface area contributed by atoms with Gasteiger partial charge in [-0.15, -0.1) is 0 Å². The molecule has 3 aromatic rings. The molecule has 2 amide bonds. The highest BCUT2D eigenvalue weighted by atomic mass is 16.5. The summed E-state index contributed by atoms with van der Waals surface area (Å²) in [6.07, 6.45) is 3.73. The second-order valence-corrected chi connectivity index (χ2v) is 13.1. The van der Waals surface area contributed by atoms with Crippen LogP contribution in [-0.4, -0.2) is 67.2 Å². The van der Waals surface area contributed by atoms with E-state index in [2.05, 4.69) is 59.0 Å². The lowest BCUT2D eigenvalue weighted by molar-refractivity contribution is -0.130. The zero-order valence-corrected chi connectivity index (χ0v) is 27.3. The number of nitrogens with zero attached hydrogens (tertiary/aromatic N) is 1. The first-order valence-corrected chi connectivity index (χ1v) is 16.9. The quantitative estimate of drug-likeness (QED) is 0.223. The first-order valence-electron chi connectivity index (χ1n) is 16.9. The number of hydrogen-bond acceptors (Lipinski definition) is 6. The summed E-state index contributed by atoms with van der Waals surface area (Å²) in [5.41, 5.74) is 3.33. The van der Waals surface area contributed by atoms with Gasteiger partial charge in [0.2, 0.25) is 11.8 Å². The van der Waals surface area contributed by atoms with E-state index in [1.807, 2.05) is 60.7 Å². The molecule has 8 heteroatoms. The summed E-state index contributed by atoms with van der Waals surface area (Å²) in [6.45, 7) is 8.71. The molecule has 0 spiro atoms. The van der Waals surface area contributed by atoms with E-state index in [1.165, 1.54) is 5.56 Å². The van der Waals surface area contributed by atoms with Crippen LogP contribution in [0.1, 0.15) is 56.2 Å². The first kappa shape index (κ1) is 33.6. The number of likely N-dealkylation sites (tertiary alicyclic amines) is 1. The molecule has 2 saturated heterocycles. The maximum atomic E-state index is 13.9. The van der Waals surface area contributed by atoms with Crippen LogP contribution in [0.15, 0.2) is 84.9 Å². The number of ether oxygens (including phenoxy) is 2. The zero-order valence-electron chi connectivity index (χ0n) is 27.3. The average Bonchev–Trinajstić information content (AvgIpc) is 3.51. The monoisotopic (exact) mass is 626 g/mol. The number of nitrogens with one attached hydrogen (secondary N) is 3. The van der Waals surface area contributed by atoms with Crippen molar-refractivity contribution in [1.82, 2.24) is 20.9 Å². The van der Waals surface area contributed by atoms with Crippen LogP contribution in [-0.2, 0) is 33.9 Å². The van der Waals surface area contributed by atoms with E-state index in [0.29, 0.717) is 38.6 Å². The molecule has 8 nitrogen and oxygen atoms in total. The Labute approximate surface area is 274 Å².